The average Bonchev–Trinajstić information content (AvgIpc) is 2.99. The van der Waals surface area contributed by atoms with Crippen LogP contribution in [0.25, 0.3) is 11.1 Å². The van der Waals surface area contributed by atoms with E-state index < -0.39 is 5.76 Å². The largest absolute Gasteiger partial charge is 0.419 e. The van der Waals surface area contributed by atoms with Gasteiger partial charge in [0.25, 0.3) is 5.91 Å². The second kappa shape index (κ2) is 7.90. The lowest BCUT2D eigenvalue weighted by molar-refractivity contribution is -0.121. The molecule has 0 atom stereocenters. The minimum Gasteiger partial charge on any atom is -0.408 e. The molecule has 3 aromatic rings. The van der Waals surface area contributed by atoms with Gasteiger partial charge in [-0.05, 0) is 29.8 Å². The molecule has 0 fully saturated rings. The normalized spacial score (nSPS) is 10.7. The van der Waals surface area contributed by atoms with E-state index in [1.807, 2.05) is 18.2 Å². The molecule has 0 aliphatic carbocycles. The van der Waals surface area contributed by atoms with E-state index in [-0.39, 0.29) is 24.8 Å². The van der Waals surface area contributed by atoms with Gasteiger partial charge in [0.2, 0.25) is 5.91 Å². The van der Waals surface area contributed by atoms with E-state index in [4.69, 9.17) is 4.42 Å². The number of fused-ring (bicyclic) bond motifs is 1. The number of nitrogens with zero attached hydrogens (tertiary/aromatic N) is 2. The fourth-order valence-electron chi connectivity index (χ4n) is 2.75. The van der Waals surface area contributed by atoms with E-state index >= 15 is 0 Å². The molecule has 2 amide bonds. The number of para-hydroxylation sites is 2. The number of rotatable bonds is 6. The van der Waals surface area contributed by atoms with Crippen molar-refractivity contribution in [3.05, 3.63) is 70.2 Å². The van der Waals surface area contributed by atoms with Crippen LogP contribution in [0.1, 0.15) is 22.3 Å². The van der Waals surface area contributed by atoms with E-state index in [9.17, 15) is 14.4 Å². The Morgan fingerprint density at radius 2 is 1.78 bits per heavy atom. The van der Waals surface area contributed by atoms with E-state index in [1.54, 1.807) is 44.4 Å². The molecular weight excluding hydrogens is 346 g/mol. The molecule has 0 spiro atoms. The number of carbonyl (C=O) groups is 2. The van der Waals surface area contributed by atoms with Crippen LogP contribution in [0.4, 0.5) is 0 Å². The van der Waals surface area contributed by atoms with E-state index in [1.165, 1.54) is 9.47 Å². The summed E-state index contributed by atoms with van der Waals surface area (Å²) < 4.78 is 6.61. The van der Waals surface area contributed by atoms with Gasteiger partial charge in [0.05, 0.1) is 5.52 Å². The van der Waals surface area contributed by atoms with Crippen LogP contribution in [0.5, 0.6) is 0 Å². The zero-order chi connectivity index (χ0) is 19.4. The zero-order valence-corrected chi connectivity index (χ0v) is 15.3. The van der Waals surface area contributed by atoms with Crippen LogP contribution in [0, 0.1) is 0 Å². The zero-order valence-electron chi connectivity index (χ0n) is 15.3. The number of amides is 2. The minimum absolute atomic E-state index is 0.0663. The van der Waals surface area contributed by atoms with E-state index in [0.717, 1.165) is 5.56 Å². The average molecular weight is 367 g/mol. The van der Waals surface area contributed by atoms with Crippen molar-refractivity contribution in [2.45, 2.75) is 19.5 Å². The summed E-state index contributed by atoms with van der Waals surface area (Å²) in [5.41, 5.74) is 2.68. The van der Waals surface area contributed by atoms with Crippen molar-refractivity contribution in [2.24, 2.45) is 0 Å². The Morgan fingerprint density at radius 3 is 2.48 bits per heavy atom. The molecule has 0 radical (unpaired) electrons. The summed E-state index contributed by atoms with van der Waals surface area (Å²) in [6.45, 7) is 0.605. The molecule has 140 valence electrons. The van der Waals surface area contributed by atoms with Crippen molar-refractivity contribution >= 4 is 22.9 Å². The molecule has 0 saturated carbocycles. The molecule has 3 rings (SSSR count). The molecule has 1 aromatic heterocycles. The maximum absolute atomic E-state index is 12.1. The Hall–Kier alpha value is -3.35. The lowest BCUT2D eigenvalue weighted by atomic mass is 10.1. The molecule has 0 aliphatic heterocycles. The molecule has 1 heterocycles. The fourth-order valence-corrected chi connectivity index (χ4v) is 2.75. The first-order chi connectivity index (χ1) is 13.0. The van der Waals surface area contributed by atoms with Crippen molar-refractivity contribution in [1.82, 2.24) is 14.8 Å². The topological polar surface area (TPSA) is 84.5 Å². The van der Waals surface area contributed by atoms with Gasteiger partial charge in [-0.15, -0.1) is 0 Å². The quantitative estimate of drug-likeness (QED) is 0.722. The van der Waals surface area contributed by atoms with E-state index in [0.29, 0.717) is 23.2 Å². The number of aryl methyl sites for hydroxylation is 1. The van der Waals surface area contributed by atoms with Crippen molar-refractivity contribution in [1.29, 1.82) is 0 Å². The van der Waals surface area contributed by atoms with Gasteiger partial charge in [-0.3, -0.25) is 14.2 Å². The summed E-state index contributed by atoms with van der Waals surface area (Å²) in [5, 5.41) is 2.82. The highest BCUT2D eigenvalue weighted by atomic mass is 16.4. The Kier molecular flexibility index (Phi) is 5.40. The molecule has 0 unspecified atom stereocenters. The Balaban J connectivity index is 1.55. The van der Waals surface area contributed by atoms with Crippen LogP contribution in [-0.2, 0) is 17.9 Å². The van der Waals surface area contributed by atoms with Crippen LogP contribution in [0.3, 0.4) is 0 Å². The number of hydrogen-bond donors (Lipinski definition) is 1. The fraction of sp³-hybridized carbons (Fsp3) is 0.250. The molecule has 27 heavy (non-hydrogen) atoms. The predicted octanol–water partition coefficient (Wildman–Crippen LogP) is 2.00. The van der Waals surface area contributed by atoms with Crippen molar-refractivity contribution < 1.29 is 14.0 Å². The van der Waals surface area contributed by atoms with Crippen molar-refractivity contribution in [2.75, 3.05) is 14.1 Å². The SMILES string of the molecule is CN(C)C(=O)c1ccc(CNC(=O)CCn2c(=O)oc3ccccc32)cc1. The first kappa shape index (κ1) is 18.4. The minimum atomic E-state index is -0.467. The lowest BCUT2D eigenvalue weighted by Gasteiger charge is -2.11. The van der Waals surface area contributed by atoms with Gasteiger partial charge in [0, 0.05) is 39.2 Å². The molecule has 2 aromatic carbocycles. The van der Waals surface area contributed by atoms with E-state index in [2.05, 4.69) is 5.32 Å². The molecular formula is C20H21N3O4. The summed E-state index contributed by atoms with van der Waals surface area (Å²) in [7, 11) is 3.40. The van der Waals surface area contributed by atoms with Crippen LogP contribution in [0.2, 0.25) is 0 Å². The Labute approximate surface area is 156 Å². The first-order valence-corrected chi connectivity index (χ1v) is 8.61. The smallest absolute Gasteiger partial charge is 0.408 e. The molecule has 0 aliphatic rings. The first-order valence-electron chi connectivity index (χ1n) is 8.61. The molecule has 1 N–H and O–H groups in total. The summed E-state index contributed by atoms with van der Waals surface area (Å²) in [6, 6.07) is 14.2. The van der Waals surface area contributed by atoms with Gasteiger partial charge in [0.1, 0.15) is 0 Å². The van der Waals surface area contributed by atoms with Crippen LogP contribution in [-0.4, -0.2) is 35.4 Å². The number of hydrogen-bond acceptors (Lipinski definition) is 4. The molecule has 0 saturated heterocycles. The van der Waals surface area contributed by atoms with Crippen LogP contribution < -0.4 is 11.1 Å². The number of carbonyl (C=O) groups excluding carboxylic acids is 2. The number of oxazole rings is 1. The predicted molar refractivity (Wildman–Crippen MR) is 101 cm³/mol. The summed E-state index contributed by atoms with van der Waals surface area (Å²) >= 11 is 0. The van der Waals surface area contributed by atoms with Gasteiger partial charge < -0.3 is 14.6 Å². The monoisotopic (exact) mass is 367 g/mol. The van der Waals surface area contributed by atoms with Crippen molar-refractivity contribution in [3.63, 3.8) is 0 Å². The summed E-state index contributed by atoms with van der Waals surface area (Å²) in [5.74, 6) is -0.700. The van der Waals surface area contributed by atoms with Crippen molar-refractivity contribution in [3.8, 4) is 0 Å². The maximum atomic E-state index is 12.1. The van der Waals surface area contributed by atoms with Gasteiger partial charge in [0.15, 0.2) is 5.58 Å². The third-order valence-corrected chi connectivity index (χ3v) is 4.23. The number of aromatic nitrogens is 1. The number of benzene rings is 2. The molecule has 0 bridgehead atoms. The maximum Gasteiger partial charge on any atom is 0.419 e. The third-order valence-electron chi connectivity index (χ3n) is 4.23. The highest BCUT2D eigenvalue weighted by molar-refractivity contribution is 5.93. The second-order valence-electron chi connectivity index (χ2n) is 6.41. The van der Waals surface area contributed by atoms with Gasteiger partial charge in [-0.25, -0.2) is 4.79 Å². The van der Waals surface area contributed by atoms with Gasteiger partial charge >= 0.3 is 5.76 Å². The van der Waals surface area contributed by atoms with Gasteiger partial charge in [-0.1, -0.05) is 24.3 Å². The lowest BCUT2D eigenvalue weighted by Crippen LogP contribution is -2.26. The standard InChI is InChI=1S/C20H21N3O4/c1-22(2)19(25)15-9-7-14(8-10-15)13-21-18(24)11-12-23-16-5-3-4-6-17(16)27-20(23)26/h3-10H,11-13H2,1-2H3,(H,21,24). The second-order valence-corrected chi connectivity index (χ2v) is 6.41. The van der Waals surface area contributed by atoms with Gasteiger partial charge in [-0.2, -0.15) is 0 Å². The van der Waals surface area contributed by atoms with Crippen LogP contribution >= 0.6 is 0 Å². The summed E-state index contributed by atoms with van der Waals surface area (Å²) in [4.78, 5) is 37.4. The number of nitrogens with one attached hydrogen (secondary N) is 1. The highest BCUT2D eigenvalue weighted by Gasteiger charge is 2.11. The Morgan fingerprint density at radius 1 is 1.07 bits per heavy atom. The third kappa shape index (κ3) is 4.25. The Bertz CT molecular complexity index is 1020. The molecule has 7 nitrogen and oxygen atoms in total. The molecule has 7 heteroatoms. The highest BCUT2D eigenvalue weighted by Crippen LogP contribution is 2.12. The summed E-state index contributed by atoms with van der Waals surface area (Å²) in [6.07, 6.45) is 0.167. The van der Waals surface area contributed by atoms with Crippen LogP contribution in [0.15, 0.2) is 57.7 Å².